The number of amides is 1. The molecular formula is C9H15NO3S. The molecule has 0 saturated heterocycles. The average Bonchev–Trinajstić information content (AvgIpc) is 2.13. The second-order valence-electron chi connectivity index (χ2n) is 2.69. The molecule has 0 unspecified atom stereocenters. The zero-order valence-corrected chi connectivity index (χ0v) is 9.21. The van der Waals surface area contributed by atoms with Crippen LogP contribution in [-0.2, 0) is 9.59 Å². The van der Waals surface area contributed by atoms with Crippen molar-refractivity contribution >= 4 is 23.6 Å². The lowest BCUT2D eigenvalue weighted by Gasteiger charge is -2.17. The van der Waals surface area contributed by atoms with Crippen molar-refractivity contribution in [3.8, 4) is 0 Å². The summed E-state index contributed by atoms with van der Waals surface area (Å²) in [5.74, 6) is -1.23. The molecule has 1 N–H and O–H groups in total. The Bertz CT molecular complexity index is 228. The molecule has 0 radical (unpaired) electrons. The Morgan fingerprint density at radius 1 is 1.50 bits per heavy atom. The number of carbonyl (C=O) groups is 2. The maximum Gasteiger partial charge on any atom is 0.323 e. The van der Waals surface area contributed by atoms with Crippen molar-refractivity contribution in [1.29, 1.82) is 0 Å². The second kappa shape index (κ2) is 7.44. The number of carboxylic acid groups (broad SMARTS) is 1. The SMILES string of the molecule is CCCN(CC(=O)O)C(=O)/C=C/SC. The van der Waals surface area contributed by atoms with Crippen LogP contribution in [0.4, 0.5) is 0 Å². The number of hydrogen-bond acceptors (Lipinski definition) is 3. The molecule has 0 aromatic rings. The van der Waals surface area contributed by atoms with Gasteiger partial charge in [0.15, 0.2) is 0 Å². The van der Waals surface area contributed by atoms with Gasteiger partial charge in [-0.1, -0.05) is 6.92 Å². The highest BCUT2D eigenvalue weighted by Gasteiger charge is 2.12. The first-order valence-corrected chi connectivity index (χ1v) is 5.60. The molecular weight excluding hydrogens is 202 g/mol. The van der Waals surface area contributed by atoms with E-state index >= 15 is 0 Å². The number of carboxylic acids is 1. The zero-order valence-electron chi connectivity index (χ0n) is 8.40. The summed E-state index contributed by atoms with van der Waals surface area (Å²) in [4.78, 5) is 23.1. The highest BCUT2D eigenvalue weighted by Crippen LogP contribution is 1.98. The van der Waals surface area contributed by atoms with Crippen molar-refractivity contribution in [3.05, 3.63) is 11.5 Å². The fourth-order valence-corrected chi connectivity index (χ4v) is 1.18. The van der Waals surface area contributed by atoms with Crippen molar-refractivity contribution in [3.63, 3.8) is 0 Å². The molecule has 0 bridgehead atoms. The van der Waals surface area contributed by atoms with Gasteiger partial charge in [0.1, 0.15) is 6.54 Å². The molecule has 5 heteroatoms. The minimum absolute atomic E-state index is 0.231. The van der Waals surface area contributed by atoms with E-state index in [1.54, 1.807) is 5.41 Å². The van der Waals surface area contributed by atoms with E-state index in [-0.39, 0.29) is 12.5 Å². The molecule has 1 amide bonds. The molecule has 80 valence electrons. The first kappa shape index (κ1) is 13.0. The molecule has 0 aromatic heterocycles. The summed E-state index contributed by atoms with van der Waals surface area (Å²) in [5.41, 5.74) is 0. The van der Waals surface area contributed by atoms with Gasteiger partial charge >= 0.3 is 5.97 Å². The summed E-state index contributed by atoms with van der Waals surface area (Å²) in [6, 6.07) is 0. The lowest BCUT2D eigenvalue weighted by molar-refractivity contribution is -0.142. The van der Waals surface area contributed by atoms with Gasteiger partial charge < -0.3 is 10.0 Å². The predicted molar refractivity (Wildman–Crippen MR) is 57.2 cm³/mol. The molecule has 0 aliphatic rings. The van der Waals surface area contributed by atoms with Crippen molar-refractivity contribution in [2.24, 2.45) is 0 Å². The van der Waals surface area contributed by atoms with Gasteiger partial charge in [0, 0.05) is 12.6 Å². The van der Waals surface area contributed by atoms with Gasteiger partial charge in [-0.2, -0.15) is 0 Å². The van der Waals surface area contributed by atoms with Gasteiger partial charge in [0.2, 0.25) is 5.91 Å². The molecule has 4 nitrogen and oxygen atoms in total. The van der Waals surface area contributed by atoms with Gasteiger partial charge in [-0.15, -0.1) is 11.8 Å². The third-order valence-electron chi connectivity index (χ3n) is 1.48. The predicted octanol–water partition coefficient (Wildman–Crippen LogP) is 1.19. The second-order valence-corrected chi connectivity index (χ2v) is 3.44. The molecule has 0 aliphatic heterocycles. The third kappa shape index (κ3) is 5.64. The van der Waals surface area contributed by atoms with Crippen molar-refractivity contribution in [2.45, 2.75) is 13.3 Å². The highest BCUT2D eigenvalue weighted by atomic mass is 32.2. The molecule has 0 spiro atoms. The van der Waals surface area contributed by atoms with Crippen LogP contribution in [0.3, 0.4) is 0 Å². The fourth-order valence-electron chi connectivity index (χ4n) is 0.932. The van der Waals surface area contributed by atoms with Crippen LogP contribution in [-0.4, -0.2) is 41.2 Å². The van der Waals surface area contributed by atoms with Crippen molar-refractivity contribution < 1.29 is 14.7 Å². The number of carbonyl (C=O) groups excluding carboxylic acids is 1. The molecule has 0 aliphatic carbocycles. The smallest absolute Gasteiger partial charge is 0.323 e. The van der Waals surface area contributed by atoms with E-state index in [4.69, 9.17) is 5.11 Å². The van der Waals surface area contributed by atoms with E-state index in [2.05, 4.69) is 0 Å². The normalized spacial score (nSPS) is 10.4. The van der Waals surface area contributed by atoms with Gasteiger partial charge in [0.05, 0.1) is 0 Å². The van der Waals surface area contributed by atoms with Gasteiger partial charge in [-0.3, -0.25) is 9.59 Å². The van der Waals surface area contributed by atoms with Crippen LogP contribution in [0.25, 0.3) is 0 Å². The Morgan fingerprint density at radius 2 is 2.14 bits per heavy atom. The molecule has 0 heterocycles. The zero-order chi connectivity index (χ0) is 11.0. The molecule has 0 saturated carbocycles. The largest absolute Gasteiger partial charge is 0.480 e. The van der Waals surface area contributed by atoms with Crippen molar-refractivity contribution in [1.82, 2.24) is 4.90 Å². The monoisotopic (exact) mass is 217 g/mol. The summed E-state index contributed by atoms with van der Waals surface area (Å²) in [6.07, 6.45) is 3.99. The van der Waals surface area contributed by atoms with Crippen LogP contribution in [0.2, 0.25) is 0 Å². The maximum absolute atomic E-state index is 11.4. The highest BCUT2D eigenvalue weighted by molar-refractivity contribution is 8.01. The van der Waals surface area contributed by atoms with E-state index < -0.39 is 5.97 Å². The standard InChI is InChI=1S/C9H15NO3S/c1-3-5-10(7-9(12)13)8(11)4-6-14-2/h4,6H,3,5,7H2,1-2H3,(H,12,13)/b6-4+. The summed E-state index contributed by atoms with van der Waals surface area (Å²) in [5, 5.41) is 10.2. The number of hydrogen-bond donors (Lipinski definition) is 1. The number of rotatable bonds is 6. The molecule has 0 aromatic carbocycles. The Kier molecular flexibility index (Phi) is 6.92. The van der Waals surface area contributed by atoms with E-state index in [0.717, 1.165) is 6.42 Å². The van der Waals surface area contributed by atoms with Gasteiger partial charge in [0.25, 0.3) is 0 Å². The quantitative estimate of drug-likeness (QED) is 0.679. The lowest BCUT2D eigenvalue weighted by atomic mass is 10.4. The summed E-state index contributed by atoms with van der Waals surface area (Å²) in [7, 11) is 0. The Morgan fingerprint density at radius 3 is 2.57 bits per heavy atom. The first-order chi connectivity index (χ1) is 6.61. The number of aliphatic carboxylic acids is 1. The van der Waals surface area contributed by atoms with Crippen LogP contribution >= 0.6 is 11.8 Å². The van der Waals surface area contributed by atoms with Crippen LogP contribution in [0, 0.1) is 0 Å². The Labute approximate surface area is 88.0 Å². The van der Waals surface area contributed by atoms with E-state index in [1.807, 2.05) is 13.2 Å². The summed E-state index contributed by atoms with van der Waals surface area (Å²) in [6.45, 7) is 2.15. The summed E-state index contributed by atoms with van der Waals surface area (Å²) >= 11 is 1.41. The fraction of sp³-hybridized carbons (Fsp3) is 0.556. The molecule has 0 fully saturated rings. The van der Waals surface area contributed by atoms with Gasteiger partial charge in [-0.05, 0) is 18.1 Å². The molecule has 0 atom stereocenters. The minimum Gasteiger partial charge on any atom is -0.480 e. The van der Waals surface area contributed by atoms with E-state index in [1.165, 1.54) is 22.7 Å². The molecule has 14 heavy (non-hydrogen) atoms. The summed E-state index contributed by atoms with van der Waals surface area (Å²) < 4.78 is 0. The third-order valence-corrected chi connectivity index (χ3v) is 1.89. The lowest BCUT2D eigenvalue weighted by Crippen LogP contribution is -2.35. The van der Waals surface area contributed by atoms with E-state index in [0.29, 0.717) is 6.54 Å². The molecule has 0 rings (SSSR count). The average molecular weight is 217 g/mol. The van der Waals surface area contributed by atoms with Crippen LogP contribution < -0.4 is 0 Å². The van der Waals surface area contributed by atoms with Crippen molar-refractivity contribution in [2.75, 3.05) is 19.3 Å². The maximum atomic E-state index is 11.4. The number of thioether (sulfide) groups is 1. The van der Waals surface area contributed by atoms with Crippen LogP contribution in [0.5, 0.6) is 0 Å². The topological polar surface area (TPSA) is 57.6 Å². The first-order valence-electron chi connectivity index (χ1n) is 4.31. The Hall–Kier alpha value is -0.970. The van der Waals surface area contributed by atoms with Gasteiger partial charge in [-0.25, -0.2) is 0 Å². The Balaban J connectivity index is 4.24. The minimum atomic E-state index is -0.982. The van der Waals surface area contributed by atoms with Crippen LogP contribution in [0.15, 0.2) is 11.5 Å². The number of nitrogens with zero attached hydrogens (tertiary/aromatic N) is 1. The van der Waals surface area contributed by atoms with Crippen LogP contribution in [0.1, 0.15) is 13.3 Å². The van der Waals surface area contributed by atoms with E-state index in [9.17, 15) is 9.59 Å².